The summed E-state index contributed by atoms with van der Waals surface area (Å²) in [5.74, 6) is 1.65. The van der Waals surface area contributed by atoms with Gasteiger partial charge in [-0.2, -0.15) is 0 Å². The Balaban J connectivity index is 2.16. The summed E-state index contributed by atoms with van der Waals surface area (Å²) in [7, 11) is 3.32. The van der Waals surface area contributed by atoms with Gasteiger partial charge in [0.1, 0.15) is 11.5 Å². The third-order valence-electron chi connectivity index (χ3n) is 3.42. The standard InChI is InChI=1S/C17H20ClNO2/c1-11-8-15(17(21-4)9-14(11)18)19-10-13-5-6-16(20-3)12(2)7-13/h5-9,19H,10H2,1-4H3. The number of hydrogen-bond donors (Lipinski definition) is 1. The smallest absolute Gasteiger partial charge is 0.143 e. The van der Waals surface area contributed by atoms with Crippen molar-refractivity contribution in [2.24, 2.45) is 0 Å². The van der Waals surface area contributed by atoms with Gasteiger partial charge in [0.05, 0.1) is 19.9 Å². The van der Waals surface area contributed by atoms with Crippen molar-refractivity contribution in [3.63, 3.8) is 0 Å². The molecule has 0 aliphatic carbocycles. The first kappa shape index (κ1) is 15.5. The summed E-state index contributed by atoms with van der Waals surface area (Å²) in [5, 5.41) is 4.09. The predicted molar refractivity (Wildman–Crippen MR) is 87.8 cm³/mol. The minimum absolute atomic E-state index is 0.706. The van der Waals surface area contributed by atoms with E-state index in [1.165, 1.54) is 5.56 Å². The van der Waals surface area contributed by atoms with Crippen LogP contribution in [0.3, 0.4) is 0 Å². The molecule has 0 fully saturated rings. The van der Waals surface area contributed by atoms with E-state index < -0.39 is 0 Å². The van der Waals surface area contributed by atoms with Crippen LogP contribution in [0.1, 0.15) is 16.7 Å². The van der Waals surface area contributed by atoms with Gasteiger partial charge in [-0.15, -0.1) is 0 Å². The minimum atomic E-state index is 0.706. The molecule has 0 radical (unpaired) electrons. The maximum atomic E-state index is 6.11. The number of hydrogen-bond acceptors (Lipinski definition) is 3. The highest BCUT2D eigenvalue weighted by molar-refractivity contribution is 6.31. The van der Waals surface area contributed by atoms with Crippen molar-refractivity contribution in [3.8, 4) is 11.5 Å². The molecule has 0 atom stereocenters. The third-order valence-corrected chi connectivity index (χ3v) is 3.83. The minimum Gasteiger partial charge on any atom is -0.496 e. The van der Waals surface area contributed by atoms with Crippen molar-refractivity contribution >= 4 is 17.3 Å². The van der Waals surface area contributed by atoms with Crippen LogP contribution in [0.2, 0.25) is 5.02 Å². The van der Waals surface area contributed by atoms with Crippen LogP contribution in [-0.4, -0.2) is 14.2 Å². The first-order chi connectivity index (χ1) is 10.0. The fourth-order valence-electron chi connectivity index (χ4n) is 2.22. The molecule has 0 aliphatic heterocycles. The second kappa shape index (κ2) is 6.72. The van der Waals surface area contributed by atoms with Crippen LogP contribution in [0.4, 0.5) is 5.69 Å². The molecular weight excluding hydrogens is 286 g/mol. The van der Waals surface area contributed by atoms with Crippen LogP contribution < -0.4 is 14.8 Å². The van der Waals surface area contributed by atoms with Gasteiger partial charge in [0.15, 0.2) is 0 Å². The third kappa shape index (κ3) is 3.61. The molecule has 112 valence electrons. The van der Waals surface area contributed by atoms with Crippen LogP contribution in [-0.2, 0) is 6.54 Å². The normalized spacial score (nSPS) is 10.3. The van der Waals surface area contributed by atoms with Gasteiger partial charge in [0, 0.05) is 17.6 Å². The van der Waals surface area contributed by atoms with Crippen molar-refractivity contribution in [2.45, 2.75) is 20.4 Å². The van der Waals surface area contributed by atoms with Gasteiger partial charge in [-0.05, 0) is 42.7 Å². The van der Waals surface area contributed by atoms with E-state index in [1.54, 1.807) is 14.2 Å². The summed E-state index contributed by atoms with van der Waals surface area (Å²) in [4.78, 5) is 0. The number of halogens is 1. The Hall–Kier alpha value is -1.87. The lowest BCUT2D eigenvalue weighted by Crippen LogP contribution is -2.02. The summed E-state index contributed by atoms with van der Waals surface area (Å²) >= 11 is 6.11. The molecule has 0 saturated carbocycles. The Morgan fingerprint density at radius 1 is 0.952 bits per heavy atom. The fourth-order valence-corrected chi connectivity index (χ4v) is 2.37. The van der Waals surface area contributed by atoms with Crippen LogP contribution in [0.5, 0.6) is 11.5 Å². The average molecular weight is 306 g/mol. The molecule has 0 amide bonds. The van der Waals surface area contributed by atoms with E-state index in [0.29, 0.717) is 11.6 Å². The Bertz CT molecular complexity index is 641. The van der Waals surface area contributed by atoms with Crippen LogP contribution >= 0.6 is 11.6 Å². The molecular formula is C17H20ClNO2. The van der Waals surface area contributed by atoms with Crippen molar-refractivity contribution < 1.29 is 9.47 Å². The molecule has 0 saturated heterocycles. The molecule has 0 aromatic heterocycles. The first-order valence-corrected chi connectivity index (χ1v) is 7.14. The highest BCUT2D eigenvalue weighted by Gasteiger charge is 2.07. The van der Waals surface area contributed by atoms with Gasteiger partial charge in [-0.3, -0.25) is 0 Å². The van der Waals surface area contributed by atoms with Gasteiger partial charge in [-0.25, -0.2) is 0 Å². The van der Waals surface area contributed by atoms with Gasteiger partial charge in [0.25, 0.3) is 0 Å². The number of nitrogens with one attached hydrogen (secondary N) is 1. The van der Waals surface area contributed by atoms with E-state index in [2.05, 4.69) is 11.4 Å². The molecule has 21 heavy (non-hydrogen) atoms. The molecule has 2 rings (SSSR count). The zero-order valence-electron chi connectivity index (χ0n) is 12.8. The van der Waals surface area contributed by atoms with Crippen molar-refractivity contribution in [1.29, 1.82) is 0 Å². The molecule has 0 unspecified atom stereocenters. The number of anilines is 1. The van der Waals surface area contributed by atoms with Crippen LogP contribution in [0, 0.1) is 13.8 Å². The number of aryl methyl sites for hydroxylation is 2. The fraction of sp³-hybridized carbons (Fsp3) is 0.294. The lowest BCUT2D eigenvalue weighted by atomic mass is 10.1. The maximum absolute atomic E-state index is 6.11. The van der Waals surface area contributed by atoms with Crippen LogP contribution in [0.15, 0.2) is 30.3 Å². The van der Waals surface area contributed by atoms with Crippen molar-refractivity contribution in [2.75, 3.05) is 19.5 Å². The van der Waals surface area contributed by atoms with Gasteiger partial charge < -0.3 is 14.8 Å². The van der Waals surface area contributed by atoms with Crippen molar-refractivity contribution in [1.82, 2.24) is 0 Å². The van der Waals surface area contributed by atoms with E-state index >= 15 is 0 Å². The van der Waals surface area contributed by atoms with Gasteiger partial charge >= 0.3 is 0 Å². The molecule has 0 aliphatic rings. The predicted octanol–water partition coefficient (Wildman–Crippen LogP) is 4.59. The molecule has 0 heterocycles. The quantitative estimate of drug-likeness (QED) is 0.876. The van der Waals surface area contributed by atoms with Crippen molar-refractivity contribution in [3.05, 3.63) is 52.0 Å². The number of benzene rings is 2. The second-order valence-corrected chi connectivity index (χ2v) is 5.37. The second-order valence-electron chi connectivity index (χ2n) is 4.96. The van der Waals surface area contributed by atoms with Gasteiger partial charge in [-0.1, -0.05) is 23.7 Å². The van der Waals surface area contributed by atoms with Gasteiger partial charge in [0.2, 0.25) is 0 Å². The average Bonchev–Trinajstić information content (AvgIpc) is 2.48. The van der Waals surface area contributed by atoms with E-state index in [-0.39, 0.29) is 0 Å². The lowest BCUT2D eigenvalue weighted by Gasteiger charge is -2.14. The molecule has 0 bridgehead atoms. The number of ether oxygens (including phenoxy) is 2. The maximum Gasteiger partial charge on any atom is 0.143 e. The largest absolute Gasteiger partial charge is 0.496 e. The Morgan fingerprint density at radius 2 is 1.67 bits per heavy atom. The van der Waals surface area contributed by atoms with E-state index in [4.69, 9.17) is 21.1 Å². The number of methoxy groups -OCH3 is 2. The van der Waals surface area contributed by atoms with E-state index in [0.717, 1.165) is 28.3 Å². The SMILES string of the molecule is COc1ccc(CNc2cc(C)c(Cl)cc2OC)cc1C. The Labute approximate surface area is 130 Å². The highest BCUT2D eigenvalue weighted by Crippen LogP contribution is 2.31. The molecule has 1 N–H and O–H groups in total. The zero-order valence-corrected chi connectivity index (χ0v) is 13.5. The Morgan fingerprint density at radius 3 is 2.29 bits per heavy atom. The summed E-state index contributed by atoms with van der Waals surface area (Å²) in [5.41, 5.74) is 4.26. The monoisotopic (exact) mass is 305 g/mol. The highest BCUT2D eigenvalue weighted by atomic mass is 35.5. The lowest BCUT2D eigenvalue weighted by molar-refractivity contribution is 0.411. The van der Waals surface area contributed by atoms with Crippen LogP contribution in [0.25, 0.3) is 0 Å². The summed E-state index contributed by atoms with van der Waals surface area (Å²) in [6.45, 7) is 4.72. The summed E-state index contributed by atoms with van der Waals surface area (Å²) < 4.78 is 10.6. The Kier molecular flexibility index (Phi) is 4.97. The summed E-state index contributed by atoms with van der Waals surface area (Å²) in [6, 6.07) is 9.97. The topological polar surface area (TPSA) is 30.5 Å². The molecule has 0 spiro atoms. The number of rotatable bonds is 5. The molecule has 2 aromatic rings. The van der Waals surface area contributed by atoms with E-state index in [1.807, 2.05) is 38.1 Å². The van der Waals surface area contributed by atoms with E-state index in [9.17, 15) is 0 Å². The first-order valence-electron chi connectivity index (χ1n) is 6.76. The molecule has 4 heteroatoms. The molecule has 3 nitrogen and oxygen atoms in total. The summed E-state index contributed by atoms with van der Waals surface area (Å²) in [6.07, 6.45) is 0. The zero-order chi connectivity index (χ0) is 15.4. The molecule has 2 aromatic carbocycles.